The van der Waals surface area contributed by atoms with Gasteiger partial charge in [-0.05, 0) is 65.8 Å². The molecular formula is C22H24N4O2. The Morgan fingerprint density at radius 1 is 1.29 bits per heavy atom. The summed E-state index contributed by atoms with van der Waals surface area (Å²) in [4.78, 5) is 19.1. The van der Waals surface area contributed by atoms with Gasteiger partial charge in [-0.25, -0.2) is 4.98 Å². The average Bonchev–Trinajstić information content (AvgIpc) is 3.37. The molecule has 4 N–H and O–H groups in total. The molecule has 3 aromatic rings. The van der Waals surface area contributed by atoms with E-state index in [1.807, 2.05) is 12.4 Å². The van der Waals surface area contributed by atoms with Gasteiger partial charge in [0.05, 0.1) is 19.6 Å². The molecule has 6 heteroatoms. The Bertz CT molecular complexity index is 1050. The minimum absolute atomic E-state index is 0.212. The van der Waals surface area contributed by atoms with Crippen LogP contribution in [0.1, 0.15) is 41.1 Å². The number of nitrogens with one attached hydrogen (secondary N) is 2. The first-order chi connectivity index (χ1) is 13.7. The third-order valence-corrected chi connectivity index (χ3v) is 5.89. The molecular weight excluding hydrogens is 352 g/mol. The normalized spacial score (nSPS) is 19.1. The molecule has 6 nitrogen and oxygen atoms in total. The van der Waals surface area contributed by atoms with Crippen LogP contribution in [0.2, 0.25) is 0 Å². The van der Waals surface area contributed by atoms with Crippen molar-refractivity contribution in [2.45, 2.75) is 38.3 Å². The molecule has 28 heavy (non-hydrogen) atoms. The fraction of sp³-hybridized carbons (Fsp3) is 0.364. The van der Waals surface area contributed by atoms with E-state index in [9.17, 15) is 4.79 Å². The van der Waals surface area contributed by atoms with Gasteiger partial charge in [0.25, 0.3) is 0 Å². The van der Waals surface area contributed by atoms with Crippen molar-refractivity contribution in [1.29, 1.82) is 0 Å². The van der Waals surface area contributed by atoms with E-state index >= 15 is 0 Å². The third kappa shape index (κ3) is 3.08. The summed E-state index contributed by atoms with van der Waals surface area (Å²) in [5.74, 6) is -0.338. The summed E-state index contributed by atoms with van der Waals surface area (Å²) in [6.07, 6.45) is 7.25. The number of pyridine rings is 1. The number of ether oxygens (including phenoxy) is 1. The second-order valence-corrected chi connectivity index (χ2v) is 7.73. The van der Waals surface area contributed by atoms with Crippen LogP contribution in [0.15, 0.2) is 30.6 Å². The Morgan fingerprint density at radius 3 is 3.04 bits per heavy atom. The van der Waals surface area contributed by atoms with E-state index in [-0.39, 0.29) is 12.3 Å². The summed E-state index contributed by atoms with van der Waals surface area (Å²) >= 11 is 0. The van der Waals surface area contributed by atoms with Gasteiger partial charge in [-0.15, -0.1) is 0 Å². The van der Waals surface area contributed by atoms with E-state index in [1.165, 1.54) is 28.7 Å². The summed E-state index contributed by atoms with van der Waals surface area (Å²) in [5.41, 5.74) is 13.4. The first-order valence-electron chi connectivity index (χ1n) is 9.90. The zero-order valence-corrected chi connectivity index (χ0v) is 15.8. The molecule has 4 heterocycles. The fourth-order valence-corrected chi connectivity index (χ4v) is 4.49. The molecule has 1 aromatic carbocycles. The van der Waals surface area contributed by atoms with Crippen molar-refractivity contribution in [2.24, 2.45) is 5.73 Å². The first-order valence-corrected chi connectivity index (χ1v) is 9.90. The van der Waals surface area contributed by atoms with Crippen molar-refractivity contribution in [3.8, 4) is 11.1 Å². The zero-order chi connectivity index (χ0) is 19.1. The van der Waals surface area contributed by atoms with Gasteiger partial charge >= 0.3 is 0 Å². The molecule has 1 unspecified atom stereocenters. The lowest BCUT2D eigenvalue weighted by atomic mass is 9.88. The van der Waals surface area contributed by atoms with Crippen LogP contribution in [0.25, 0.3) is 22.2 Å². The minimum Gasteiger partial charge on any atom is -0.376 e. The first kappa shape index (κ1) is 17.4. The highest BCUT2D eigenvalue weighted by Crippen LogP contribution is 2.35. The number of rotatable bonds is 4. The van der Waals surface area contributed by atoms with Gasteiger partial charge in [-0.3, -0.25) is 4.79 Å². The minimum atomic E-state index is -0.338. The maximum Gasteiger partial charge on any atom is 0.221 e. The van der Waals surface area contributed by atoms with Crippen molar-refractivity contribution >= 4 is 16.9 Å². The van der Waals surface area contributed by atoms with Crippen LogP contribution in [0.5, 0.6) is 0 Å². The predicted octanol–water partition coefficient (Wildman–Crippen LogP) is 2.75. The molecule has 0 saturated carbocycles. The second kappa shape index (κ2) is 7.04. The quantitative estimate of drug-likeness (QED) is 0.653. The number of nitrogens with zero attached hydrogens (tertiary/aromatic N) is 1. The van der Waals surface area contributed by atoms with Crippen molar-refractivity contribution < 1.29 is 9.53 Å². The number of carbonyl (C=O) groups is 1. The van der Waals surface area contributed by atoms with E-state index in [2.05, 4.69) is 33.5 Å². The number of nitrogens with two attached hydrogens (primary N) is 1. The van der Waals surface area contributed by atoms with E-state index < -0.39 is 0 Å². The predicted molar refractivity (Wildman–Crippen MR) is 108 cm³/mol. The van der Waals surface area contributed by atoms with Gasteiger partial charge in [0.2, 0.25) is 5.91 Å². The molecule has 0 bridgehead atoms. The highest BCUT2D eigenvalue weighted by molar-refractivity contribution is 5.89. The maximum atomic E-state index is 11.4. The lowest BCUT2D eigenvalue weighted by molar-refractivity contribution is -0.117. The molecule has 1 fully saturated rings. The molecule has 5 rings (SSSR count). The summed E-state index contributed by atoms with van der Waals surface area (Å²) in [5, 5.41) is 4.59. The number of aromatic amines is 1. The Morgan fingerprint density at radius 2 is 2.21 bits per heavy atom. The lowest BCUT2D eigenvalue weighted by Crippen LogP contribution is -2.19. The average molecular weight is 376 g/mol. The second-order valence-electron chi connectivity index (χ2n) is 7.73. The number of H-pyrrole nitrogens is 1. The fourth-order valence-electron chi connectivity index (χ4n) is 4.49. The SMILES string of the molecule is NC(=O)Cc1c[nH]c2ncc(-c3cc4c(c(C5CCCN5)c3)COCC4)cc12. The summed E-state index contributed by atoms with van der Waals surface area (Å²) in [7, 11) is 0. The number of carbonyl (C=O) groups excluding carboxylic acids is 1. The highest BCUT2D eigenvalue weighted by Gasteiger charge is 2.24. The molecule has 1 atom stereocenters. The highest BCUT2D eigenvalue weighted by atomic mass is 16.5. The van der Waals surface area contributed by atoms with E-state index in [1.54, 1.807) is 0 Å². The lowest BCUT2D eigenvalue weighted by Gasteiger charge is -2.24. The summed E-state index contributed by atoms with van der Waals surface area (Å²) < 4.78 is 5.75. The molecule has 2 aliphatic rings. The van der Waals surface area contributed by atoms with Crippen LogP contribution in [-0.4, -0.2) is 29.0 Å². The standard InChI is InChI=1S/C22H24N4O2/c23-21(27)9-16-11-26-22-17(16)8-15(10-25-22)14-6-13-3-5-28-12-19(13)18(7-14)20-2-1-4-24-20/h6-8,10-11,20,24H,1-5,9,12H2,(H2,23,27)(H,25,26). The number of benzene rings is 1. The van der Waals surface area contributed by atoms with Gasteiger partial charge in [0.1, 0.15) is 5.65 Å². The molecule has 0 radical (unpaired) electrons. The number of hydrogen-bond acceptors (Lipinski definition) is 4. The number of amides is 1. The molecule has 1 amide bonds. The van der Waals surface area contributed by atoms with Gasteiger partial charge in [0, 0.05) is 29.4 Å². The van der Waals surface area contributed by atoms with E-state index in [0.29, 0.717) is 12.6 Å². The van der Waals surface area contributed by atoms with Gasteiger partial charge in [-0.2, -0.15) is 0 Å². The molecule has 0 spiro atoms. The molecule has 1 saturated heterocycles. The van der Waals surface area contributed by atoms with Crippen molar-refractivity contribution in [3.05, 3.63) is 52.8 Å². The van der Waals surface area contributed by atoms with Crippen LogP contribution >= 0.6 is 0 Å². The van der Waals surface area contributed by atoms with Crippen LogP contribution < -0.4 is 11.1 Å². The summed E-state index contributed by atoms with van der Waals surface area (Å²) in [6.45, 7) is 2.53. The molecule has 144 valence electrons. The smallest absolute Gasteiger partial charge is 0.221 e. The van der Waals surface area contributed by atoms with E-state index in [4.69, 9.17) is 10.5 Å². The van der Waals surface area contributed by atoms with Crippen molar-refractivity contribution in [1.82, 2.24) is 15.3 Å². The molecule has 2 aliphatic heterocycles. The zero-order valence-electron chi connectivity index (χ0n) is 15.8. The monoisotopic (exact) mass is 376 g/mol. The Labute approximate surface area is 163 Å². The number of fused-ring (bicyclic) bond motifs is 2. The molecule has 0 aliphatic carbocycles. The summed E-state index contributed by atoms with van der Waals surface area (Å²) in [6, 6.07) is 7.08. The Hall–Kier alpha value is -2.70. The largest absolute Gasteiger partial charge is 0.376 e. The van der Waals surface area contributed by atoms with Crippen LogP contribution in [0.4, 0.5) is 0 Å². The Balaban J connectivity index is 1.62. The topological polar surface area (TPSA) is 93.0 Å². The van der Waals surface area contributed by atoms with Crippen LogP contribution in [0, 0.1) is 0 Å². The van der Waals surface area contributed by atoms with E-state index in [0.717, 1.165) is 48.2 Å². The van der Waals surface area contributed by atoms with Gasteiger partial charge in [-0.1, -0.05) is 6.07 Å². The van der Waals surface area contributed by atoms with Gasteiger partial charge < -0.3 is 20.8 Å². The third-order valence-electron chi connectivity index (χ3n) is 5.89. The van der Waals surface area contributed by atoms with Crippen LogP contribution in [-0.2, 0) is 29.0 Å². The van der Waals surface area contributed by atoms with Crippen molar-refractivity contribution in [3.63, 3.8) is 0 Å². The van der Waals surface area contributed by atoms with Crippen molar-refractivity contribution in [2.75, 3.05) is 13.2 Å². The Kier molecular flexibility index (Phi) is 4.37. The number of aromatic nitrogens is 2. The maximum absolute atomic E-state index is 11.4. The molecule has 2 aromatic heterocycles. The van der Waals surface area contributed by atoms with Gasteiger partial charge in [0.15, 0.2) is 0 Å². The van der Waals surface area contributed by atoms with Crippen LogP contribution in [0.3, 0.4) is 0 Å². The number of hydrogen-bond donors (Lipinski definition) is 3. The number of primary amides is 1.